The van der Waals surface area contributed by atoms with Gasteiger partial charge in [0.25, 0.3) is 0 Å². The maximum atomic E-state index is 12.7. The van der Waals surface area contributed by atoms with Gasteiger partial charge in [-0.3, -0.25) is 0 Å². The maximum absolute atomic E-state index is 12.7. The van der Waals surface area contributed by atoms with Gasteiger partial charge in [-0.15, -0.1) is 0 Å². The Hall–Kier alpha value is -2.90. The Balaban J connectivity index is 2.19. The smallest absolute Gasteiger partial charge is 0.416 e. The number of hydrogen-bond acceptors (Lipinski definition) is 3. The van der Waals surface area contributed by atoms with E-state index in [9.17, 15) is 18.0 Å². The van der Waals surface area contributed by atoms with Crippen LogP contribution in [0.2, 0.25) is 0 Å². The normalized spacial score (nSPS) is 11.2. The van der Waals surface area contributed by atoms with Crippen molar-refractivity contribution < 1.29 is 23.1 Å². The molecule has 0 spiro atoms. The Bertz CT molecular complexity index is 730. The van der Waals surface area contributed by atoms with E-state index in [0.717, 1.165) is 17.7 Å². The van der Waals surface area contributed by atoms with Gasteiger partial charge in [0, 0.05) is 19.3 Å². The van der Waals surface area contributed by atoms with Crippen molar-refractivity contribution in [1.82, 2.24) is 5.32 Å². The Labute approximate surface area is 136 Å². The molecule has 0 atom stereocenters. The summed E-state index contributed by atoms with van der Waals surface area (Å²) in [7, 11) is 1.68. The van der Waals surface area contributed by atoms with Crippen LogP contribution in [-0.2, 0) is 12.7 Å². The molecule has 2 aromatic rings. The average molecular weight is 339 g/mol. The first-order valence-corrected chi connectivity index (χ1v) is 6.94. The van der Waals surface area contributed by atoms with E-state index in [4.69, 9.17) is 10.8 Å². The van der Waals surface area contributed by atoms with Gasteiger partial charge in [0.1, 0.15) is 0 Å². The van der Waals surface area contributed by atoms with Crippen molar-refractivity contribution in [2.75, 3.05) is 17.7 Å². The quantitative estimate of drug-likeness (QED) is 0.740. The van der Waals surface area contributed by atoms with Crippen LogP contribution in [0.4, 0.5) is 35.0 Å². The van der Waals surface area contributed by atoms with Gasteiger partial charge in [-0.05, 0) is 35.9 Å². The van der Waals surface area contributed by atoms with Crippen molar-refractivity contribution in [3.05, 3.63) is 53.6 Å². The Morgan fingerprint density at radius 2 is 1.83 bits per heavy atom. The molecule has 24 heavy (non-hydrogen) atoms. The third-order valence-corrected chi connectivity index (χ3v) is 3.48. The fourth-order valence-electron chi connectivity index (χ4n) is 2.19. The summed E-state index contributed by atoms with van der Waals surface area (Å²) >= 11 is 0. The first-order chi connectivity index (χ1) is 11.2. The van der Waals surface area contributed by atoms with E-state index < -0.39 is 17.8 Å². The average Bonchev–Trinajstić information content (AvgIpc) is 2.52. The SMILES string of the molecule is CN(c1ccc(CNC(=O)O)cc1)c1ccc(C(F)(F)F)cc1N. The second kappa shape index (κ2) is 6.69. The van der Waals surface area contributed by atoms with Crippen LogP contribution in [0.3, 0.4) is 0 Å². The molecule has 2 rings (SSSR count). The number of anilines is 3. The third-order valence-electron chi connectivity index (χ3n) is 3.48. The van der Waals surface area contributed by atoms with Gasteiger partial charge in [-0.2, -0.15) is 13.2 Å². The zero-order valence-corrected chi connectivity index (χ0v) is 12.8. The summed E-state index contributed by atoms with van der Waals surface area (Å²) < 4.78 is 38.0. The lowest BCUT2D eigenvalue weighted by molar-refractivity contribution is -0.137. The molecule has 0 saturated carbocycles. The fraction of sp³-hybridized carbons (Fsp3) is 0.188. The molecular weight excluding hydrogens is 323 g/mol. The number of nitrogens with zero attached hydrogens (tertiary/aromatic N) is 1. The van der Waals surface area contributed by atoms with Crippen LogP contribution < -0.4 is 16.0 Å². The molecular formula is C16H16F3N3O2. The van der Waals surface area contributed by atoms with E-state index in [1.165, 1.54) is 6.07 Å². The number of carboxylic acid groups (broad SMARTS) is 1. The Morgan fingerprint density at radius 1 is 1.21 bits per heavy atom. The fourth-order valence-corrected chi connectivity index (χ4v) is 2.19. The van der Waals surface area contributed by atoms with Crippen molar-refractivity contribution in [3.63, 3.8) is 0 Å². The van der Waals surface area contributed by atoms with Gasteiger partial charge in [-0.25, -0.2) is 4.79 Å². The van der Waals surface area contributed by atoms with Crippen LogP contribution in [0.1, 0.15) is 11.1 Å². The second-order valence-corrected chi connectivity index (χ2v) is 5.16. The number of amides is 1. The molecule has 5 nitrogen and oxygen atoms in total. The molecule has 8 heteroatoms. The minimum absolute atomic E-state index is 0.0175. The van der Waals surface area contributed by atoms with E-state index in [0.29, 0.717) is 11.4 Å². The van der Waals surface area contributed by atoms with Crippen molar-refractivity contribution in [2.45, 2.75) is 12.7 Å². The van der Waals surface area contributed by atoms with E-state index in [-0.39, 0.29) is 12.2 Å². The Morgan fingerprint density at radius 3 is 2.33 bits per heavy atom. The highest BCUT2D eigenvalue weighted by molar-refractivity contribution is 5.75. The lowest BCUT2D eigenvalue weighted by atomic mass is 10.1. The van der Waals surface area contributed by atoms with Gasteiger partial charge in [0.15, 0.2) is 0 Å². The summed E-state index contributed by atoms with van der Waals surface area (Å²) in [5.74, 6) is 0. The third kappa shape index (κ3) is 4.09. The summed E-state index contributed by atoms with van der Waals surface area (Å²) in [5, 5.41) is 10.8. The first-order valence-electron chi connectivity index (χ1n) is 6.94. The molecule has 0 heterocycles. The number of rotatable bonds is 4. The number of nitrogens with one attached hydrogen (secondary N) is 1. The van der Waals surface area contributed by atoms with Gasteiger partial charge >= 0.3 is 12.3 Å². The van der Waals surface area contributed by atoms with Crippen LogP contribution in [-0.4, -0.2) is 18.2 Å². The summed E-state index contributed by atoms with van der Waals surface area (Å²) in [6.45, 7) is 0.168. The highest BCUT2D eigenvalue weighted by Gasteiger charge is 2.31. The number of nitrogen functional groups attached to an aromatic ring is 1. The highest BCUT2D eigenvalue weighted by Crippen LogP contribution is 2.35. The van der Waals surface area contributed by atoms with Crippen LogP contribution in [0.15, 0.2) is 42.5 Å². The molecule has 1 amide bonds. The molecule has 0 aliphatic rings. The summed E-state index contributed by atoms with van der Waals surface area (Å²) in [4.78, 5) is 12.1. The standard InChI is InChI=1S/C16H16F3N3O2/c1-22(12-5-2-10(3-6-12)9-21-15(23)24)14-7-4-11(8-13(14)20)16(17,18)19/h2-8,21H,9,20H2,1H3,(H,23,24). The zero-order chi connectivity index (χ0) is 17.9. The molecule has 2 aromatic carbocycles. The monoisotopic (exact) mass is 339 g/mol. The van der Waals surface area contributed by atoms with Gasteiger partial charge in [0.2, 0.25) is 0 Å². The van der Waals surface area contributed by atoms with Crippen molar-refractivity contribution in [3.8, 4) is 0 Å². The van der Waals surface area contributed by atoms with E-state index >= 15 is 0 Å². The molecule has 0 unspecified atom stereocenters. The van der Waals surface area contributed by atoms with Gasteiger partial charge in [0.05, 0.1) is 16.9 Å². The number of carbonyl (C=O) groups is 1. The maximum Gasteiger partial charge on any atom is 0.416 e. The molecule has 0 aliphatic heterocycles. The largest absolute Gasteiger partial charge is 0.465 e. The molecule has 0 fully saturated rings. The first kappa shape index (κ1) is 17.5. The molecule has 128 valence electrons. The molecule has 0 bridgehead atoms. The summed E-state index contributed by atoms with van der Waals surface area (Å²) in [5.41, 5.74) is 6.88. The minimum Gasteiger partial charge on any atom is -0.465 e. The van der Waals surface area contributed by atoms with Crippen LogP contribution in [0.5, 0.6) is 0 Å². The zero-order valence-electron chi connectivity index (χ0n) is 12.8. The molecule has 0 radical (unpaired) electrons. The molecule has 0 aliphatic carbocycles. The van der Waals surface area contributed by atoms with Crippen molar-refractivity contribution in [2.24, 2.45) is 0 Å². The molecule has 0 saturated heterocycles. The lowest BCUT2D eigenvalue weighted by Gasteiger charge is -2.22. The number of hydrogen-bond donors (Lipinski definition) is 3. The molecule has 4 N–H and O–H groups in total. The minimum atomic E-state index is -4.44. The summed E-state index contributed by atoms with van der Waals surface area (Å²) in [6, 6.07) is 10.1. The van der Waals surface area contributed by atoms with Crippen LogP contribution in [0, 0.1) is 0 Å². The predicted molar refractivity (Wildman–Crippen MR) is 85.2 cm³/mol. The predicted octanol–water partition coefficient (Wildman–Crippen LogP) is 3.82. The molecule has 0 aromatic heterocycles. The Kier molecular flexibility index (Phi) is 4.87. The number of halogens is 3. The van der Waals surface area contributed by atoms with Gasteiger partial charge in [-0.1, -0.05) is 12.1 Å². The second-order valence-electron chi connectivity index (χ2n) is 5.16. The number of nitrogens with two attached hydrogens (primary N) is 1. The lowest BCUT2D eigenvalue weighted by Crippen LogP contribution is -2.20. The van der Waals surface area contributed by atoms with Crippen molar-refractivity contribution >= 4 is 23.2 Å². The van der Waals surface area contributed by atoms with Gasteiger partial charge < -0.3 is 21.1 Å². The number of benzene rings is 2. The number of alkyl halides is 3. The highest BCUT2D eigenvalue weighted by atomic mass is 19.4. The summed E-state index contributed by atoms with van der Waals surface area (Å²) in [6.07, 6.45) is -5.56. The van der Waals surface area contributed by atoms with Crippen LogP contribution >= 0.6 is 0 Å². The van der Waals surface area contributed by atoms with Crippen molar-refractivity contribution in [1.29, 1.82) is 0 Å². The van der Waals surface area contributed by atoms with Crippen LogP contribution in [0.25, 0.3) is 0 Å². The van der Waals surface area contributed by atoms with E-state index in [1.54, 1.807) is 36.2 Å². The van der Waals surface area contributed by atoms with E-state index in [2.05, 4.69) is 5.32 Å². The topological polar surface area (TPSA) is 78.6 Å². The van der Waals surface area contributed by atoms with E-state index in [1.807, 2.05) is 0 Å².